The second kappa shape index (κ2) is 10.1. The summed E-state index contributed by atoms with van der Waals surface area (Å²) in [6.45, 7) is 1.46. The maximum atomic E-state index is 14.6. The molecule has 40 heavy (non-hydrogen) atoms. The zero-order valence-corrected chi connectivity index (χ0v) is 21.3. The van der Waals surface area contributed by atoms with E-state index in [9.17, 15) is 4.39 Å². The molecule has 3 N–H and O–H groups in total. The minimum absolute atomic E-state index is 0.311. The second-order valence-corrected chi connectivity index (χ2v) is 9.46. The van der Waals surface area contributed by atoms with Gasteiger partial charge in [-0.25, -0.2) is 19.3 Å². The molecule has 5 aromatic heterocycles. The topological polar surface area (TPSA) is 108 Å². The predicted molar refractivity (Wildman–Crippen MR) is 152 cm³/mol. The van der Waals surface area contributed by atoms with Crippen molar-refractivity contribution in [2.75, 3.05) is 0 Å². The molecular weight excluding hydrogens is 503 g/mol. The van der Waals surface area contributed by atoms with E-state index in [0.29, 0.717) is 45.9 Å². The Morgan fingerprint density at radius 3 is 2.55 bits per heavy atom. The number of imidazole rings is 1. The van der Waals surface area contributed by atoms with Crippen molar-refractivity contribution in [3.05, 3.63) is 114 Å². The van der Waals surface area contributed by atoms with Crippen molar-refractivity contribution < 1.29 is 4.39 Å². The highest BCUT2D eigenvalue weighted by Crippen LogP contribution is 2.32. The minimum atomic E-state index is -0.311. The van der Waals surface area contributed by atoms with Crippen LogP contribution in [0.4, 0.5) is 4.39 Å². The van der Waals surface area contributed by atoms with Crippen LogP contribution in [-0.2, 0) is 13.1 Å². The molecule has 7 aromatic rings. The average molecular weight is 527 g/mol. The number of fused-ring (bicyclic) bond motifs is 2. The van der Waals surface area contributed by atoms with E-state index in [0.717, 1.165) is 28.9 Å². The van der Waals surface area contributed by atoms with Crippen LogP contribution in [0.5, 0.6) is 0 Å². The monoisotopic (exact) mass is 526 g/mol. The number of pyridine rings is 3. The van der Waals surface area contributed by atoms with E-state index in [2.05, 4.69) is 53.6 Å². The standard InChI is InChI=1S/C31H23FN8/c32-24-9-5-4-8-22(24)23-12-13-35-30-27(23)37-31(38-30)29-28-26(39-40-29)11-10-25(36-28)21-14-20(17-34-18-21)16-33-15-19-6-2-1-3-7-19/h1-14,17-18,33H,15-16H2,(H,39,40)(H,35,37,38). The Morgan fingerprint density at radius 2 is 1.65 bits per heavy atom. The maximum absolute atomic E-state index is 14.6. The van der Waals surface area contributed by atoms with Gasteiger partial charge in [0.25, 0.3) is 0 Å². The van der Waals surface area contributed by atoms with Crippen LogP contribution in [0.15, 0.2) is 97.5 Å². The summed E-state index contributed by atoms with van der Waals surface area (Å²) in [7, 11) is 0. The normalized spacial score (nSPS) is 11.4. The predicted octanol–water partition coefficient (Wildman–Crippen LogP) is 6.05. The van der Waals surface area contributed by atoms with Crippen LogP contribution in [0, 0.1) is 5.82 Å². The summed E-state index contributed by atoms with van der Waals surface area (Å²) in [4.78, 5) is 21.7. The van der Waals surface area contributed by atoms with Crippen molar-refractivity contribution in [2.24, 2.45) is 0 Å². The molecule has 0 aliphatic carbocycles. The lowest BCUT2D eigenvalue weighted by molar-refractivity contribution is 0.631. The first kappa shape index (κ1) is 23.8. The number of aromatic amines is 2. The summed E-state index contributed by atoms with van der Waals surface area (Å²) in [5, 5.41) is 11.0. The molecule has 0 fully saturated rings. The zero-order valence-electron chi connectivity index (χ0n) is 21.3. The van der Waals surface area contributed by atoms with Crippen LogP contribution in [0.3, 0.4) is 0 Å². The molecule has 0 radical (unpaired) electrons. The zero-order chi connectivity index (χ0) is 26.9. The number of benzene rings is 2. The summed E-state index contributed by atoms with van der Waals surface area (Å²) in [5.74, 6) is 0.188. The first-order valence-electron chi connectivity index (χ1n) is 12.9. The van der Waals surface area contributed by atoms with E-state index >= 15 is 0 Å². The van der Waals surface area contributed by atoms with Crippen molar-refractivity contribution >= 4 is 22.2 Å². The molecule has 9 heteroatoms. The van der Waals surface area contributed by atoms with Gasteiger partial charge in [0.1, 0.15) is 11.3 Å². The molecule has 0 atom stereocenters. The third-order valence-corrected chi connectivity index (χ3v) is 6.78. The Kier molecular flexibility index (Phi) is 6.02. The number of H-pyrrole nitrogens is 2. The van der Waals surface area contributed by atoms with E-state index < -0.39 is 0 Å². The minimum Gasteiger partial charge on any atom is -0.335 e. The molecule has 0 unspecified atom stereocenters. The molecule has 8 nitrogen and oxygen atoms in total. The van der Waals surface area contributed by atoms with Gasteiger partial charge in [0.05, 0.1) is 16.7 Å². The Morgan fingerprint density at radius 1 is 0.800 bits per heavy atom. The molecule has 0 amide bonds. The van der Waals surface area contributed by atoms with Gasteiger partial charge >= 0.3 is 0 Å². The molecule has 7 rings (SSSR count). The lowest BCUT2D eigenvalue weighted by atomic mass is 10.1. The molecule has 2 aromatic carbocycles. The number of hydrogen-bond donors (Lipinski definition) is 3. The van der Waals surface area contributed by atoms with Crippen molar-refractivity contribution in [2.45, 2.75) is 13.1 Å². The fourth-order valence-electron chi connectivity index (χ4n) is 4.82. The van der Waals surface area contributed by atoms with E-state index in [-0.39, 0.29) is 5.82 Å². The first-order chi connectivity index (χ1) is 19.7. The van der Waals surface area contributed by atoms with Crippen LogP contribution < -0.4 is 5.32 Å². The number of hydrogen-bond acceptors (Lipinski definition) is 6. The van der Waals surface area contributed by atoms with E-state index in [1.165, 1.54) is 11.6 Å². The Balaban J connectivity index is 1.21. The third kappa shape index (κ3) is 4.48. The van der Waals surface area contributed by atoms with Crippen molar-refractivity contribution in [3.63, 3.8) is 0 Å². The number of aromatic nitrogens is 7. The lowest BCUT2D eigenvalue weighted by Gasteiger charge is -2.07. The number of nitrogens with one attached hydrogen (secondary N) is 3. The largest absolute Gasteiger partial charge is 0.335 e. The van der Waals surface area contributed by atoms with Crippen molar-refractivity contribution in [1.29, 1.82) is 0 Å². The quantitative estimate of drug-likeness (QED) is 0.233. The fraction of sp³-hybridized carbons (Fsp3) is 0.0645. The van der Waals surface area contributed by atoms with Crippen LogP contribution in [-0.4, -0.2) is 35.1 Å². The van der Waals surface area contributed by atoms with E-state index in [4.69, 9.17) is 4.98 Å². The number of nitrogens with zero attached hydrogens (tertiary/aromatic N) is 5. The molecule has 0 aliphatic rings. The Bertz CT molecular complexity index is 1960. The van der Waals surface area contributed by atoms with Gasteiger partial charge in [-0.1, -0.05) is 48.5 Å². The van der Waals surface area contributed by atoms with Gasteiger partial charge in [0, 0.05) is 48.4 Å². The summed E-state index contributed by atoms with van der Waals surface area (Å²) in [5.41, 5.74) is 8.23. The molecular formula is C31H23FN8. The highest BCUT2D eigenvalue weighted by Gasteiger charge is 2.18. The molecule has 5 heterocycles. The fourth-order valence-corrected chi connectivity index (χ4v) is 4.82. The molecule has 0 saturated heterocycles. The van der Waals surface area contributed by atoms with Gasteiger partial charge in [0.2, 0.25) is 0 Å². The first-order valence-corrected chi connectivity index (χ1v) is 12.9. The maximum Gasteiger partial charge on any atom is 0.178 e. The van der Waals surface area contributed by atoms with Gasteiger partial charge in [-0.3, -0.25) is 10.1 Å². The highest BCUT2D eigenvalue weighted by molar-refractivity contribution is 5.95. The molecule has 194 valence electrons. The Hall–Kier alpha value is -5.28. The van der Waals surface area contributed by atoms with Crippen molar-refractivity contribution in [1.82, 2.24) is 40.4 Å². The van der Waals surface area contributed by atoms with E-state index in [1.54, 1.807) is 36.7 Å². The summed E-state index contributed by atoms with van der Waals surface area (Å²) in [6, 6.07) is 24.7. The average Bonchev–Trinajstić information content (AvgIpc) is 3.62. The van der Waals surface area contributed by atoms with Crippen LogP contribution in [0.25, 0.3) is 56.1 Å². The van der Waals surface area contributed by atoms with Crippen molar-refractivity contribution in [3.8, 4) is 33.9 Å². The smallest absolute Gasteiger partial charge is 0.178 e. The van der Waals surface area contributed by atoms with Crippen LogP contribution in [0.2, 0.25) is 0 Å². The van der Waals surface area contributed by atoms with E-state index in [1.807, 2.05) is 36.5 Å². The van der Waals surface area contributed by atoms with Gasteiger partial charge in [-0.15, -0.1) is 0 Å². The summed E-state index contributed by atoms with van der Waals surface area (Å²) in [6.07, 6.45) is 5.29. The molecule has 0 spiro atoms. The third-order valence-electron chi connectivity index (χ3n) is 6.78. The molecule has 0 saturated carbocycles. The summed E-state index contributed by atoms with van der Waals surface area (Å²) >= 11 is 0. The molecule has 0 aliphatic heterocycles. The second-order valence-electron chi connectivity index (χ2n) is 9.46. The number of rotatable bonds is 7. The van der Waals surface area contributed by atoms with Gasteiger partial charge in [-0.2, -0.15) is 5.10 Å². The van der Waals surface area contributed by atoms with Gasteiger partial charge < -0.3 is 10.3 Å². The number of halogens is 1. The van der Waals surface area contributed by atoms with Crippen LogP contribution >= 0.6 is 0 Å². The molecule has 0 bridgehead atoms. The lowest BCUT2D eigenvalue weighted by Crippen LogP contribution is -2.12. The highest BCUT2D eigenvalue weighted by atomic mass is 19.1. The van der Waals surface area contributed by atoms with Gasteiger partial charge in [0.15, 0.2) is 17.2 Å². The summed E-state index contributed by atoms with van der Waals surface area (Å²) < 4.78 is 14.6. The van der Waals surface area contributed by atoms with Crippen LogP contribution in [0.1, 0.15) is 11.1 Å². The van der Waals surface area contributed by atoms with Gasteiger partial charge in [-0.05, 0) is 41.5 Å². The SMILES string of the molecule is Fc1ccccc1-c1ccnc2nc(-c3n[nH]c4ccc(-c5cncc(CNCc6ccccc6)c5)nc34)[nH]c12. The Labute approximate surface area is 228 Å².